The molecule has 2 rings (SSSR count). The van der Waals surface area contributed by atoms with E-state index in [1.807, 2.05) is 0 Å². The van der Waals surface area contributed by atoms with Gasteiger partial charge in [-0.25, -0.2) is 0 Å². The molecule has 0 aromatic heterocycles. The van der Waals surface area contributed by atoms with Gasteiger partial charge >= 0.3 is 5.97 Å². The molecule has 2 aliphatic carbocycles. The van der Waals surface area contributed by atoms with Crippen LogP contribution >= 0.6 is 0 Å². The highest BCUT2D eigenvalue weighted by molar-refractivity contribution is 5.66. The first-order valence-electron chi connectivity index (χ1n) is 7.01. The summed E-state index contributed by atoms with van der Waals surface area (Å²) in [5, 5.41) is 0. The van der Waals surface area contributed by atoms with Crippen molar-refractivity contribution >= 4 is 5.97 Å². The maximum atomic E-state index is 11.1. The van der Waals surface area contributed by atoms with Crippen LogP contribution in [0.2, 0.25) is 0 Å². The average Bonchev–Trinajstić information content (AvgIpc) is 2.13. The van der Waals surface area contributed by atoms with Gasteiger partial charge in [0.05, 0.1) is 0 Å². The van der Waals surface area contributed by atoms with Crippen molar-refractivity contribution < 1.29 is 9.53 Å². The van der Waals surface area contributed by atoms with Crippen LogP contribution < -0.4 is 0 Å². The zero-order valence-corrected chi connectivity index (χ0v) is 11.7. The van der Waals surface area contributed by atoms with Gasteiger partial charge in [-0.3, -0.25) is 4.79 Å². The van der Waals surface area contributed by atoms with Crippen LogP contribution in [0, 0.1) is 16.7 Å². The Labute approximate surface area is 105 Å². The summed E-state index contributed by atoms with van der Waals surface area (Å²) < 4.78 is 5.43. The van der Waals surface area contributed by atoms with Crippen LogP contribution in [0.15, 0.2) is 0 Å². The smallest absolute Gasteiger partial charge is 0.302 e. The average molecular weight is 238 g/mol. The van der Waals surface area contributed by atoms with Crippen molar-refractivity contribution in [2.24, 2.45) is 16.7 Å². The number of carbonyl (C=O) groups is 1. The summed E-state index contributed by atoms with van der Waals surface area (Å²) in [7, 11) is 0. The zero-order valence-electron chi connectivity index (χ0n) is 11.7. The van der Waals surface area contributed by atoms with Gasteiger partial charge < -0.3 is 4.74 Å². The Hall–Kier alpha value is -0.530. The lowest BCUT2D eigenvalue weighted by Crippen LogP contribution is -2.47. The van der Waals surface area contributed by atoms with Gasteiger partial charge in [0, 0.05) is 6.92 Å². The summed E-state index contributed by atoms with van der Waals surface area (Å²) in [4.78, 5) is 11.1. The Morgan fingerprint density at radius 1 is 1.18 bits per heavy atom. The number of ether oxygens (including phenoxy) is 1. The topological polar surface area (TPSA) is 26.3 Å². The first-order chi connectivity index (χ1) is 7.83. The lowest BCUT2D eigenvalue weighted by atomic mass is 9.51. The fraction of sp³-hybridized carbons (Fsp3) is 0.933. The maximum Gasteiger partial charge on any atom is 0.302 e. The van der Waals surface area contributed by atoms with Crippen LogP contribution in [0.4, 0.5) is 0 Å². The molecule has 0 radical (unpaired) electrons. The molecular formula is C15H26O2. The molecule has 0 heterocycles. The van der Waals surface area contributed by atoms with E-state index in [2.05, 4.69) is 20.8 Å². The molecule has 0 aliphatic heterocycles. The quantitative estimate of drug-likeness (QED) is 0.647. The number of hydrogen-bond acceptors (Lipinski definition) is 2. The van der Waals surface area contributed by atoms with E-state index in [1.54, 1.807) is 0 Å². The molecule has 2 heteroatoms. The summed E-state index contributed by atoms with van der Waals surface area (Å²) in [6.45, 7) is 8.77. The molecule has 0 bridgehead atoms. The standard InChI is InChI=1S/C15H26O2/c1-11(16)17-12-6-7-13-14(2,3)8-5-9-15(13,4)10-12/h12-13H,5-10H2,1-4H3/t12?,13-,15+/m0/s1. The van der Waals surface area contributed by atoms with Gasteiger partial charge in [0.2, 0.25) is 0 Å². The summed E-state index contributed by atoms with van der Waals surface area (Å²) in [6.07, 6.45) is 7.50. The number of esters is 1. The van der Waals surface area contributed by atoms with Crippen LogP contribution in [0.25, 0.3) is 0 Å². The SMILES string of the molecule is CC(=O)OC1CC[C@H]2C(C)(C)CCC[C@]2(C)C1. The molecule has 17 heavy (non-hydrogen) atoms. The lowest BCUT2D eigenvalue weighted by molar-refractivity contribution is -0.155. The normalized spacial score (nSPS) is 40.5. The zero-order chi connectivity index (χ0) is 12.7. The van der Waals surface area contributed by atoms with Crippen molar-refractivity contribution in [2.75, 3.05) is 0 Å². The van der Waals surface area contributed by atoms with Gasteiger partial charge in [0.1, 0.15) is 6.10 Å². The van der Waals surface area contributed by atoms with Crippen molar-refractivity contribution in [1.29, 1.82) is 0 Å². The Bertz CT molecular complexity index is 308. The molecule has 0 aromatic carbocycles. The molecule has 0 N–H and O–H groups in total. The molecule has 2 nitrogen and oxygen atoms in total. The van der Waals surface area contributed by atoms with E-state index in [0.717, 1.165) is 18.8 Å². The van der Waals surface area contributed by atoms with E-state index in [-0.39, 0.29) is 12.1 Å². The molecule has 3 atom stereocenters. The minimum atomic E-state index is -0.118. The molecular weight excluding hydrogens is 212 g/mol. The summed E-state index contributed by atoms with van der Waals surface area (Å²) in [5.74, 6) is 0.683. The predicted octanol–water partition coefficient (Wildman–Crippen LogP) is 3.93. The summed E-state index contributed by atoms with van der Waals surface area (Å²) in [5.41, 5.74) is 0.855. The van der Waals surface area contributed by atoms with Gasteiger partial charge in [-0.05, 0) is 48.9 Å². The van der Waals surface area contributed by atoms with Crippen LogP contribution in [-0.4, -0.2) is 12.1 Å². The Morgan fingerprint density at radius 3 is 2.53 bits per heavy atom. The predicted molar refractivity (Wildman–Crippen MR) is 68.6 cm³/mol. The first kappa shape index (κ1) is 12.9. The molecule has 0 aromatic rings. The van der Waals surface area contributed by atoms with E-state index in [1.165, 1.54) is 32.6 Å². The van der Waals surface area contributed by atoms with Crippen molar-refractivity contribution in [3.05, 3.63) is 0 Å². The Balaban J connectivity index is 2.10. The van der Waals surface area contributed by atoms with E-state index < -0.39 is 0 Å². The van der Waals surface area contributed by atoms with Crippen LogP contribution in [-0.2, 0) is 9.53 Å². The highest BCUT2D eigenvalue weighted by Gasteiger charge is 2.49. The summed E-state index contributed by atoms with van der Waals surface area (Å²) in [6, 6.07) is 0. The molecule has 2 saturated carbocycles. The number of carbonyl (C=O) groups excluding carboxylic acids is 1. The largest absolute Gasteiger partial charge is 0.463 e. The van der Waals surface area contributed by atoms with E-state index >= 15 is 0 Å². The van der Waals surface area contributed by atoms with Gasteiger partial charge in [-0.2, -0.15) is 0 Å². The Kier molecular flexibility index (Phi) is 3.26. The molecule has 98 valence electrons. The van der Waals surface area contributed by atoms with Gasteiger partial charge in [0.25, 0.3) is 0 Å². The maximum absolute atomic E-state index is 11.1. The number of fused-ring (bicyclic) bond motifs is 1. The molecule has 2 aliphatic rings. The third kappa shape index (κ3) is 2.51. The molecule has 2 fully saturated rings. The van der Waals surface area contributed by atoms with Gasteiger partial charge in [-0.15, -0.1) is 0 Å². The van der Waals surface area contributed by atoms with Crippen molar-refractivity contribution in [2.45, 2.75) is 72.3 Å². The highest BCUT2D eigenvalue weighted by Crippen LogP contribution is 2.57. The van der Waals surface area contributed by atoms with Gasteiger partial charge in [-0.1, -0.05) is 27.2 Å². The van der Waals surface area contributed by atoms with Gasteiger partial charge in [0.15, 0.2) is 0 Å². The highest BCUT2D eigenvalue weighted by atomic mass is 16.5. The molecule has 1 unspecified atom stereocenters. The van der Waals surface area contributed by atoms with E-state index in [4.69, 9.17) is 4.74 Å². The van der Waals surface area contributed by atoms with Crippen molar-refractivity contribution in [3.8, 4) is 0 Å². The lowest BCUT2D eigenvalue weighted by Gasteiger charge is -2.55. The second-order valence-electron chi connectivity index (χ2n) is 7.06. The summed E-state index contributed by atoms with van der Waals surface area (Å²) >= 11 is 0. The molecule has 0 spiro atoms. The third-order valence-electron chi connectivity index (χ3n) is 5.16. The fourth-order valence-corrected chi connectivity index (χ4v) is 4.53. The second kappa shape index (κ2) is 4.29. The number of hydrogen-bond donors (Lipinski definition) is 0. The molecule has 0 amide bonds. The number of rotatable bonds is 1. The minimum Gasteiger partial charge on any atom is -0.463 e. The van der Waals surface area contributed by atoms with Crippen LogP contribution in [0.1, 0.15) is 66.2 Å². The third-order valence-corrected chi connectivity index (χ3v) is 5.16. The monoisotopic (exact) mass is 238 g/mol. The van der Waals surface area contributed by atoms with Crippen LogP contribution in [0.3, 0.4) is 0 Å². The Morgan fingerprint density at radius 2 is 1.88 bits per heavy atom. The van der Waals surface area contributed by atoms with E-state index in [0.29, 0.717) is 10.8 Å². The molecule has 0 saturated heterocycles. The first-order valence-corrected chi connectivity index (χ1v) is 7.01. The van der Waals surface area contributed by atoms with E-state index in [9.17, 15) is 4.79 Å². The fourth-order valence-electron chi connectivity index (χ4n) is 4.53. The minimum absolute atomic E-state index is 0.118. The van der Waals surface area contributed by atoms with Crippen molar-refractivity contribution in [1.82, 2.24) is 0 Å². The van der Waals surface area contributed by atoms with Crippen molar-refractivity contribution in [3.63, 3.8) is 0 Å². The second-order valence-corrected chi connectivity index (χ2v) is 7.06. The van der Waals surface area contributed by atoms with Crippen LogP contribution in [0.5, 0.6) is 0 Å².